The zero-order valence-corrected chi connectivity index (χ0v) is 14.1. The molecule has 4 rings (SSSR count). The van der Waals surface area contributed by atoms with Gasteiger partial charge < -0.3 is 14.3 Å². The van der Waals surface area contributed by atoms with Crippen molar-refractivity contribution in [2.75, 3.05) is 0 Å². The van der Waals surface area contributed by atoms with Gasteiger partial charge in [0.1, 0.15) is 12.1 Å². The maximum absolute atomic E-state index is 12.3. The van der Waals surface area contributed by atoms with Crippen LogP contribution in [0.2, 0.25) is 0 Å². The van der Waals surface area contributed by atoms with Gasteiger partial charge in [-0.1, -0.05) is 31.2 Å². The lowest BCUT2D eigenvalue weighted by Crippen LogP contribution is -2.24. The predicted molar refractivity (Wildman–Crippen MR) is 93.0 cm³/mol. The SMILES string of the molecule is CCc1ccc(-c2ccc(C(=O)NCc3nncn3C3CC3)o2)cc1. The van der Waals surface area contributed by atoms with E-state index in [0.717, 1.165) is 30.7 Å². The molecule has 1 amide bonds. The minimum absolute atomic E-state index is 0.248. The molecule has 1 aliphatic rings. The lowest BCUT2D eigenvalue weighted by atomic mass is 10.1. The second kappa shape index (κ2) is 6.55. The second-order valence-corrected chi connectivity index (χ2v) is 6.28. The number of furan rings is 1. The average molecular weight is 336 g/mol. The summed E-state index contributed by atoms with van der Waals surface area (Å²) >= 11 is 0. The van der Waals surface area contributed by atoms with Crippen LogP contribution in [-0.4, -0.2) is 20.7 Å². The van der Waals surface area contributed by atoms with E-state index in [0.29, 0.717) is 24.1 Å². The van der Waals surface area contributed by atoms with Gasteiger partial charge in [-0.3, -0.25) is 4.79 Å². The van der Waals surface area contributed by atoms with Crippen molar-refractivity contribution in [2.45, 2.75) is 38.8 Å². The number of carbonyl (C=O) groups is 1. The van der Waals surface area contributed by atoms with Gasteiger partial charge in [-0.2, -0.15) is 0 Å². The third-order valence-corrected chi connectivity index (χ3v) is 4.47. The maximum atomic E-state index is 12.3. The van der Waals surface area contributed by atoms with E-state index in [4.69, 9.17) is 4.42 Å². The van der Waals surface area contributed by atoms with Gasteiger partial charge in [-0.25, -0.2) is 0 Å². The quantitative estimate of drug-likeness (QED) is 0.749. The number of aryl methyl sites for hydroxylation is 1. The summed E-state index contributed by atoms with van der Waals surface area (Å²) in [5, 5.41) is 10.9. The highest BCUT2D eigenvalue weighted by atomic mass is 16.3. The zero-order chi connectivity index (χ0) is 17.2. The first-order valence-corrected chi connectivity index (χ1v) is 8.60. The molecule has 0 radical (unpaired) electrons. The maximum Gasteiger partial charge on any atom is 0.287 e. The summed E-state index contributed by atoms with van der Waals surface area (Å²) in [6.45, 7) is 2.46. The topological polar surface area (TPSA) is 73.0 Å². The van der Waals surface area contributed by atoms with Gasteiger partial charge in [0.05, 0.1) is 6.54 Å². The van der Waals surface area contributed by atoms with Crippen LogP contribution in [0.5, 0.6) is 0 Å². The predicted octanol–water partition coefficient (Wildman–Crippen LogP) is 3.37. The molecule has 6 heteroatoms. The summed E-state index contributed by atoms with van der Waals surface area (Å²) in [5.41, 5.74) is 2.23. The molecule has 0 atom stereocenters. The van der Waals surface area contributed by atoms with E-state index in [2.05, 4.69) is 34.6 Å². The van der Waals surface area contributed by atoms with Crippen LogP contribution in [0.3, 0.4) is 0 Å². The molecule has 0 saturated heterocycles. The Labute approximate surface area is 145 Å². The highest BCUT2D eigenvalue weighted by Gasteiger charge is 2.26. The minimum atomic E-state index is -0.248. The number of rotatable bonds is 6. The van der Waals surface area contributed by atoms with Gasteiger partial charge in [-0.15, -0.1) is 10.2 Å². The summed E-state index contributed by atoms with van der Waals surface area (Å²) in [5.74, 6) is 1.51. The molecule has 3 aromatic rings. The van der Waals surface area contributed by atoms with Crippen LogP contribution in [0.1, 0.15) is 47.7 Å². The molecule has 6 nitrogen and oxygen atoms in total. The van der Waals surface area contributed by atoms with Gasteiger partial charge in [0.25, 0.3) is 5.91 Å². The van der Waals surface area contributed by atoms with Crippen LogP contribution in [0.15, 0.2) is 47.1 Å². The molecule has 1 aliphatic carbocycles. The monoisotopic (exact) mass is 336 g/mol. The van der Waals surface area contributed by atoms with Crippen LogP contribution in [0.25, 0.3) is 11.3 Å². The number of amides is 1. The third-order valence-electron chi connectivity index (χ3n) is 4.47. The Morgan fingerprint density at radius 2 is 2.04 bits per heavy atom. The molecule has 0 unspecified atom stereocenters. The van der Waals surface area contributed by atoms with Crippen molar-refractivity contribution in [3.05, 3.63) is 59.9 Å². The molecule has 0 aliphatic heterocycles. The highest BCUT2D eigenvalue weighted by Crippen LogP contribution is 2.35. The van der Waals surface area contributed by atoms with E-state index >= 15 is 0 Å². The molecular formula is C19H20N4O2. The zero-order valence-electron chi connectivity index (χ0n) is 14.1. The fourth-order valence-corrected chi connectivity index (χ4v) is 2.82. The average Bonchev–Trinajstić information content (AvgIpc) is 3.19. The summed E-state index contributed by atoms with van der Waals surface area (Å²) < 4.78 is 7.74. The fraction of sp³-hybridized carbons (Fsp3) is 0.316. The van der Waals surface area contributed by atoms with E-state index in [1.807, 2.05) is 22.8 Å². The number of nitrogens with zero attached hydrogens (tertiary/aromatic N) is 3. The molecule has 2 heterocycles. The van der Waals surface area contributed by atoms with E-state index in [-0.39, 0.29) is 5.91 Å². The molecule has 0 bridgehead atoms. The molecule has 1 N–H and O–H groups in total. The van der Waals surface area contributed by atoms with E-state index < -0.39 is 0 Å². The van der Waals surface area contributed by atoms with Gasteiger partial charge in [0.15, 0.2) is 11.6 Å². The Hall–Kier alpha value is -2.89. The molecular weight excluding hydrogens is 316 g/mol. The minimum Gasteiger partial charge on any atom is -0.451 e. The first-order chi connectivity index (χ1) is 12.2. The van der Waals surface area contributed by atoms with Crippen LogP contribution in [-0.2, 0) is 13.0 Å². The third kappa shape index (κ3) is 3.33. The van der Waals surface area contributed by atoms with E-state index in [9.17, 15) is 4.79 Å². The molecule has 2 aromatic heterocycles. The van der Waals surface area contributed by atoms with Crippen LogP contribution in [0.4, 0.5) is 0 Å². The van der Waals surface area contributed by atoms with Gasteiger partial charge in [0, 0.05) is 11.6 Å². The number of hydrogen-bond acceptors (Lipinski definition) is 4. The second-order valence-electron chi connectivity index (χ2n) is 6.28. The Balaban J connectivity index is 1.42. The number of aromatic nitrogens is 3. The van der Waals surface area contributed by atoms with Crippen LogP contribution >= 0.6 is 0 Å². The first-order valence-electron chi connectivity index (χ1n) is 8.60. The fourth-order valence-electron chi connectivity index (χ4n) is 2.82. The van der Waals surface area contributed by atoms with Crippen molar-refractivity contribution in [1.29, 1.82) is 0 Å². The summed E-state index contributed by atoms with van der Waals surface area (Å²) in [6, 6.07) is 12.2. The van der Waals surface area contributed by atoms with Gasteiger partial charge in [-0.05, 0) is 37.0 Å². The summed E-state index contributed by atoms with van der Waals surface area (Å²) in [4.78, 5) is 12.3. The van der Waals surface area contributed by atoms with Gasteiger partial charge >= 0.3 is 0 Å². The Morgan fingerprint density at radius 1 is 1.24 bits per heavy atom. The Morgan fingerprint density at radius 3 is 2.76 bits per heavy atom. The first kappa shape index (κ1) is 15.6. The number of nitrogens with one attached hydrogen (secondary N) is 1. The molecule has 25 heavy (non-hydrogen) atoms. The van der Waals surface area contributed by atoms with Crippen molar-refractivity contribution < 1.29 is 9.21 Å². The smallest absolute Gasteiger partial charge is 0.287 e. The van der Waals surface area contributed by atoms with E-state index in [1.54, 1.807) is 12.4 Å². The lowest BCUT2D eigenvalue weighted by Gasteiger charge is -2.05. The van der Waals surface area contributed by atoms with E-state index in [1.165, 1.54) is 5.56 Å². The molecule has 1 saturated carbocycles. The molecule has 128 valence electrons. The van der Waals surface area contributed by atoms with Crippen molar-refractivity contribution in [3.63, 3.8) is 0 Å². The summed E-state index contributed by atoms with van der Waals surface area (Å²) in [7, 11) is 0. The van der Waals surface area contributed by atoms with Crippen molar-refractivity contribution in [3.8, 4) is 11.3 Å². The van der Waals surface area contributed by atoms with Crippen LogP contribution in [0, 0.1) is 0 Å². The van der Waals surface area contributed by atoms with Crippen molar-refractivity contribution in [2.24, 2.45) is 0 Å². The molecule has 1 fully saturated rings. The molecule has 1 aromatic carbocycles. The Bertz CT molecular complexity index is 875. The van der Waals surface area contributed by atoms with Crippen molar-refractivity contribution in [1.82, 2.24) is 20.1 Å². The summed E-state index contributed by atoms with van der Waals surface area (Å²) in [6.07, 6.45) is 5.02. The largest absolute Gasteiger partial charge is 0.451 e. The number of carbonyl (C=O) groups excluding carboxylic acids is 1. The normalized spacial score (nSPS) is 13.8. The standard InChI is InChI=1S/C19H20N4O2/c1-2-13-3-5-14(6-4-13)16-9-10-17(25-16)19(24)20-11-18-22-21-12-23(18)15-7-8-15/h3-6,9-10,12,15H,2,7-8,11H2,1H3,(H,20,24). The van der Waals surface area contributed by atoms with Crippen LogP contribution < -0.4 is 5.32 Å². The van der Waals surface area contributed by atoms with Gasteiger partial charge in [0.2, 0.25) is 0 Å². The Kier molecular flexibility index (Phi) is 4.09. The highest BCUT2D eigenvalue weighted by molar-refractivity contribution is 5.91. The number of hydrogen-bond donors (Lipinski definition) is 1. The lowest BCUT2D eigenvalue weighted by molar-refractivity contribution is 0.0922. The number of benzene rings is 1. The molecule has 0 spiro atoms. The van der Waals surface area contributed by atoms with Crippen molar-refractivity contribution >= 4 is 5.91 Å².